The van der Waals surface area contributed by atoms with E-state index in [0.29, 0.717) is 0 Å². The van der Waals surface area contributed by atoms with Crippen molar-refractivity contribution >= 4 is 32.5 Å². The predicted molar refractivity (Wildman–Crippen MR) is 118 cm³/mol. The molecule has 4 nitrogen and oxygen atoms in total. The van der Waals surface area contributed by atoms with Gasteiger partial charge in [0.15, 0.2) is 5.60 Å². The molecule has 148 valence electrons. The number of fused-ring (bicyclic) bond motifs is 3. The molecule has 1 atom stereocenters. The fourth-order valence-electron chi connectivity index (χ4n) is 4.76. The van der Waals surface area contributed by atoms with Crippen molar-refractivity contribution in [2.75, 3.05) is 7.11 Å². The van der Waals surface area contributed by atoms with Crippen LogP contribution in [-0.4, -0.2) is 17.8 Å². The standard InChI is InChI=1S/C24H23BrN2O2/c1-23(2)12-22-19(11-16-10-17(25)6-9-20(16)26-22)24(14-23)13-21(27-29-24)15-4-7-18(28-3)8-5-15/h4-11H,12-14H2,1-3H3/t24-/m1/s1. The normalized spacial score (nSPS) is 22.3. The maximum atomic E-state index is 6.25. The van der Waals surface area contributed by atoms with Crippen molar-refractivity contribution < 1.29 is 9.57 Å². The monoisotopic (exact) mass is 450 g/mol. The van der Waals surface area contributed by atoms with Crippen molar-refractivity contribution in [3.05, 3.63) is 69.8 Å². The number of halogens is 1. The molecule has 3 aromatic rings. The number of aromatic nitrogens is 1. The van der Waals surface area contributed by atoms with Crippen LogP contribution in [-0.2, 0) is 16.9 Å². The minimum Gasteiger partial charge on any atom is -0.497 e. The van der Waals surface area contributed by atoms with E-state index in [-0.39, 0.29) is 5.41 Å². The topological polar surface area (TPSA) is 43.7 Å². The van der Waals surface area contributed by atoms with E-state index < -0.39 is 5.60 Å². The molecule has 2 aliphatic rings. The smallest absolute Gasteiger partial charge is 0.170 e. The molecule has 1 aliphatic carbocycles. The molecular weight excluding hydrogens is 428 g/mol. The van der Waals surface area contributed by atoms with Gasteiger partial charge in [-0.05, 0) is 65.9 Å². The second-order valence-electron chi connectivity index (χ2n) is 8.87. The first-order valence-electron chi connectivity index (χ1n) is 9.87. The highest BCUT2D eigenvalue weighted by molar-refractivity contribution is 9.10. The molecule has 5 heteroatoms. The molecule has 2 heterocycles. The lowest BCUT2D eigenvalue weighted by molar-refractivity contribution is -0.0631. The molecular formula is C24H23BrN2O2. The number of rotatable bonds is 2. The van der Waals surface area contributed by atoms with Crippen LogP contribution >= 0.6 is 15.9 Å². The second kappa shape index (κ2) is 6.56. The van der Waals surface area contributed by atoms with Gasteiger partial charge in [0.2, 0.25) is 0 Å². The quantitative estimate of drug-likeness (QED) is 0.480. The zero-order valence-corrected chi connectivity index (χ0v) is 18.4. The summed E-state index contributed by atoms with van der Waals surface area (Å²) in [5.74, 6) is 0.841. The summed E-state index contributed by atoms with van der Waals surface area (Å²) in [4.78, 5) is 11.3. The highest BCUT2D eigenvalue weighted by Gasteiger charge is 2.50. The number of nitrogens with zero attached hydrogens (tertiary/aromatic N) is 2. The summed E-state index contributed by atoms with van der Waals surface area (Å²) in [6.07, 6.45) is 2.60. The number of oxime groups is 1. The molecule has 0 unspecified atom stereocenters. The Bertz CT molecular complexity index is 1140. The number of methoxy groups -OCH3 is 1. The van der Waals surface area contributed by atoms with Gasteiger partial charge in [-0.2, -0.15) is 0 Å². The molecule has 0 fully saturated rings. The largest absolute Gasteiger partial charge is 0.497 e. The third-order valence-corrected chi connectivity index (χ3v) is 6.46. The highest BCUT2D eigenvalue weighted by atomic mass is 79.9. The highest BCUT2D eigenvalue weighted by Crippen LogP contribution is 2.51. The average Bonchev–Trinajstić information content (AvgIpc) is 3.10. The average molecular weight is 451 g/mol. The SMILES string of the molecule is COc1ccc(C2=NO[C@]3(C2)CC(C)(C)Cc2nc4ccc(Br)cc4cc23)cc1. The fourth-order valence-corrected chi connectivity index (χ4v) is 5.13. The van der Waals surface area contributed by atoms with Crippen LogP contribution in [0.25, 0.3) is 10.9 Å². The fraction of sp³-hybridized carbons (Fsp3) is 0.333. The van der Waals surface area contributed by atoms with E-state index in [9.17, 15) is 0 Å². The minimum atomic E-state index is -0.462. The molecule has 1 aromatic heterocycles. The number of pyridine rings is 1. The Kier molecular flexibility index (Phi) is 4.21. The lowest BCUT2D eigenvalue weighted by atomic mass is 9.66. The van der Waals surface area contributed by atoms with Crippen molar-refractivity contribution in [1.82, 2.24) is 4.98 Å². The van der Waals surface area contributed by atoms with Crippen LogP contribution in [0.4, 0.5) is 0 Å². The Morgan fingerprint density at radius 1 is 1.03 bits per heavy atom. The van der Waals surface area contributed by atoms with Crippen LogP contribution in [0.3, 0.4) is 0 Å². The number of ether oxygens (including phenoxy) is 1. The minimum absolute atomic E-state index is 0.0912. The van der Waals surface area contributed by atoms with Gasteiger partial charge < -0.3 is 9.57 Å². The summed E-state index contributed by atoms with van der Waals surface area (Å²) in [6.45, 7) is 4.58. The van der Waals surface area contributed by atoms with Crippen molar-refractivity contribution in [3.63, 3.8) is 0 Å². The van der Waals surface area contributed by atoms with Crippen LogP contribution in [0.5, 0.6) is 5.75 Å². The molecule has 0 saturated heterocycles. The molecule has 0 N–H and O–H groups in total. The summed E-state index contributed by atoms with van der Waals surface area (Å²) in [6, 6.07) is 16.5. The third kappa shape index (κ3) is 3.21. The Hall–Kier alpha value is -2.40. The lowest BCUT2D eigenvalue weighted by Crippen LogP contribution is -2.40. The number of benzene rings is 2. The van der Waals surface area contributed by atoms with Crippen molar-refractivity contribution in [2.45, 2.75) is 38.7 Å². The summed E-state index contributed by atoms with van der Waals surface area (Å²) in [7, 11) is 1.68. The molecule has 0 radical (unpaired) electrons. The first kappa shape index (κ1) is 18.6. The van der Waals surface area contributed by atoms with Gasteiger partial charge in [-0.15, -0.1) is 0 Å². The molecule has 0 bridgehead atoms. The Balaban J connectivity index is 1.58. The number of hydrogen-bond acceptors (Lipinski definition) is 4. The van der Waals surface area contributed by atoms with Crippen molar-refractivity contribution in [1.29, 1.82) is 0 Å². The first-order chi connectivity index (χ1) is 13.9. The van der Waals surface area contributed by atoms with Gasteiger partial charge in [0.25, 0.3) is 0 Å². The van der Waals surface area contributed by atoms with Crippen LogP contribution in [0, 0.1) is 5.41 Å². The Morgan fingerprint density at radius 3 is 2.59 bits per heavy atom. The van der Waals surface area contributed by atoms with Crippen LogP contribution in [0.1, 0.15) is 43.5 Å². The molecule has 1 aliphatic heterocycles. The van der Waals surface area contributed by atoms with E-state index in [1.54, 1.807) is 7.11 Å². The van der Waals surface area contributed by atoms with Gasteiger partial charge in [0, 0.05) is 34.0 Å². The van der Waals surface area contributed by atoms with E-state index >= 15 is 0 Å². The zero-order chi connectivity index (χ0) is 20.2. The zero-order valence-electron chi connectivity index (χ0n) is 16.8. The van der Waals surface area contributed by atoms with Crippen LogP contribution in [0.2, 0.25) is 0 Å². The van der Waals surface area contributed by atoms with E-state index in [2.05, 4.69) is 53.1 Å². The predicted octanol–water partition coefficient (Wildman–Crippen LogP) is 6.00. The third-order valence-electron chi connectivity index (χ3n) is 5.96. The van der Waals surface area contributed by atoms with Gasteiger partial charge in [-0.1, -0.05) is 34.9 Å². The van der Waals surface area contributed by atoms with Crippen molar-refractivity contribution in [2.24, 2.45) is 10.6 Å². The summed E-state index contributed by atoms with van der Waals surface area (Å²) in [5, 5.41) is 5.66. The van der Waals surface area contributed by atoms with Gasteiger partial charge in [-0.3, -0.25) is 4.98 Å². The van der Waals surface area contributed by atoms with Gasteiger partial charge in [0.05, 0.1) is 18.3 Å². The molecule has 0 amide bonds. The second-order valence-corrected chi connectivity index (χ2v) is 9.78. The lowest BCUT2D eigenvalue weighted by Gasteiger charge is -2.41. The maximum Gasteiger partial charge on any atom is 0.170 e. The molecule has 5 rings (SSSR count). The Labute approximate surface area is 179 Å². The molecule has 29 heavy (non-hydrogen) atoms. The first-order valence-corrected chi connectivity index (χ1v) is 10.7. The summed E-state index contributed by atoms with van der Waals surface area (Å²) < 4.78 is 6.34. The van der Waals surface area contributed by atoms with E-state index in [4.69, 9.17) is 14.6 Å². The Morgan fingerprint density at radius 2 is 1.83 bits per heavy atom. The van der Waals surface area contributed by atoms with Gasteiger partial charge in [0.1, 0.15) is 5.75 Å². The summed E-state index contributed by atoms with van der Waals surface area (Å²) >= 11 is 3.58. The van der Waals surface area contributed by atoms with Crippen LogP contribution in [0.15, 0.2) is 58.2 Å². The van der Waals surface area contributed by atoms with Gasteiger partial charge >= 0.3 is 0 Å². The summed E-state index contributed by atoms with van der Waals surface area (Å²) in [5.41, 5.74) is 5.00. The maximum absolute atomic E-state index is 6.25. The van der Waals surface area contributed by atoms with E-state index in [1.807, 2.05) is 30.3 Å². The van der Waals surface area contributed by atoms with Crippen molar-refractivity contribution in [3.8, 4) is 5.75 Å². The molecule has 0 saturated carbocycles. The number of hydrogen-bond donors (Lipinski definition) is 0. The van der Waals surface area contributed by atoms with Crippen LogP contribution < -0.4 is 4.74 Å². The molecule has 2 aromatic carbocycles. The van der Waals surface area contributed by atoms with Gasteiger partial charge in [-0.25, -0.2) is 0 Å². The van der Waals surface area contributed by atoms with E-state index in [0.717, 1.165) is 57.4 Å². The van der Waals surface area contributed by atoms with E-state index in [1.165, 1.54) is 5.56 Å². The molecule has 1 spiro atoms.